The summed E-state index contributed by atoms with van der Waals surface area (Å²) < 4.78 is 112. The first kappa shape index (κ1) is 37.3. The van der Waals surface area contributed by atoms with E-state index in [0.717, 1.165) is 35.2 Å². The van der Waals surface area contributed by atoms with Crippen LogP contribution >= 0.6 is 11.6 Å². The van der Waals surface area contributed by atoms with Gasteiger partial charge in [-0.25, -0.2) is 8.42 Å². The van der Waals surface area contributed by atoms with E-state index in [1.165, 1.54) is 32.3 Å². The molecule has 15 heteroatoms. The highest BCUT2D eigenvalue weighted by molar-refractivity contribution is 7.92. The van der Waals surface area contributed by atoms with Gasteiger partial charge in [0.2, 0.25) is 0 Å². The molecule has 0 aliphatic carbocycles. The molecule has 1 N–H and O–H groups in total. The summed E-state index contributed by atoms with van der Waals surface area (Å²) in [4.78, 5) is 25.7. The number of hydrogen-bond donors (Lipinski definition) is 1. The average Bonchev–Trinajstić information content (AvgIpc) is 3.03. The third-order valence-electron chi connectivity index (χ3n) is 7.57. The van der Waals surface area contributed by atoms with E-state index in [2.05, 4.69) is 0 Å². The summed E-state index contributed by atoms with van der Waals surface area (Å²) in [6, 6.07) is 18.4. The van der Waals surface area contributed by atoms with Crippen molar-refractivity contribution in [1.82, 2.24) is 0 Å². The van der Waals surface area contributed by atoms with Crippen LogP contribution < -0.4 is 9.21 Å². The van der Waals surface area contributed by atoms with E-state index in [1.807, 2.05) is 0 Å². The third-order valence-corrected chi connectivity index (χ3v) is 9.67. The third kappa shape index (κ3) is 8.92. The molecular weight excluding hydrogens is 698 g/mol. The average molecular weight is 727 g/mol. The Hall–Kier alpha value is -4.56. The zero-order valence-corrected chi connectivity index (χ0v) is 27.5. The molecule has 0 fully saturated rings. The number of carbonyl (C=O) groups is 2. The Balaban J connectivity index is 1.81. The molecule has 0 aliphatic heterocycles. The maximum atomic E-state index is 14.1. The van der Waals surface area contributed by atoms with Gasteiger partial charge in [-0.2, -0.15) is 26.3 Å². The van der Waals surface area contributed by atoms with Crippen molar-refractivity contribution in [2.24, 2.45) is 5.92 Å². The maximum Gasteiger partial charge on any atom is 0.418 e. The molecule has 0 aliphatic rings. The highest BCUT2D eigenvalue weighted by Gasteiger charge is 2.38. The zero-order valence-electron chi connectivity index (χ0n) is 25.9. The van der Waals surface area contributed by atoms with Crippen molar-refractivity contribution in [3.8, 4) is 0 Å². The van der Waals surface area contributed by atoms with Gasteiger partial charge in [0.15, 0.2) is 5.78 Å². The molecule has 1 atom stereocenters. The predicted octanol–water partition coefficient (Wildman–Crippen LogP) is 8.36. The summed E-state index contributed by atoms with van der Waals surface area (Å²) in [6.07, 6.45) is -10.3. The standard InChI is InChI=1S/C34H29ClF6N2O5S/c1-42(2)30-14-12-26(19-28(30)34(39,40)41)49(47,48)43(20-22-11-13-29(35)27(16-22)33(36,37)38)25-10-6-9-23(17-25)31(44)18-24(32(45)46)15-21-7-4-3-5-8-21/h3-14,16-17,19,24H,15,18,20H2,1-2H3,(H,45,46). The van der Waals surface area contributed by atoms with Crippen LogP contribution in [-0.2, 0) is 40.1 Å². The summed E-state index contributed by atoms with van der Waals surface area (Å²) in [5.41, 5.74) is -2.81. The minimum Gasteiger partial charge on any atom is -0.481 e. The lowest BCUT2D eigenvalue weighted by Gasteiger charge is -2.27. The number of hydrogen-bond acceptors (Lipinski definition) is 5. The molecule has 0 bridgehead atoms. The topological polar surface area (TPSA) is 95.0 Å². The van der Waals surface area contributed by atoms with Crippen LogP contribution in [0.1, 0.15) is 39.0 Å². The van der Waals surface area contributed by atoms with Crippen molar-refractivity contribution in [1.29, 1.82) is 0 Å². The fourth-order valence-corrected chi connectivity index (χ4v) is 6.81. The predicted molar refractivity (Wildman–Crippen MR) is 172 cm³/mol. The van der Waals surface area contributed by atoms with Gasteiger partial charge in [0.25, 0.3) is 10.0 Å². The number of rotatable bonds is 12. The first-order chi connectivity index (χ1) is 22.8. The molecule has 0 heterocycles. The summed E-state index contributed by atoms with van der Waals surface area (Å²) in [5.74, 6) is -3.07. The summed E-state index contributed by atoms with van der Waals surface area (Å²) in [6.45, 7) is -0.803. The SMILES string of the molecule is CN(C)c1ccc(S(=O)(=O)N(Cc2ccc(Cl)c(C(F)(F)F)c2)c2cccc(C(=O)CC(Cc3ccccc3)C(=O)O)c2)cc1C(F)(F)F. The number of aliphatic carboxylic acids is 1. The van der Waals surface area contributed by atoms with E-state index in [1.54, 1.807) is 30.3 Å². The van der Waals surface area contributed by atoms with E-state index in [-0.39, 0.29) is 28.9 Å². The smallest absolute Gasteiger partial charge is 0.418 e. The lowest BCUT2D eigenvalue weighted by atomic mass is 9.92. The van der Waals surface area contributed by atoms with E-state index in [4.69, 9.17) is 11.6 Å². The van der Waals surface area contributed by atoms with Crippen molar-refractivity contribution in [3.05, 3.63) is 124 Å². The number of carbonyl (C=O) groups excluding carboxylic acids is 1. The Kier molecular flexibility index (Phi) is 11.0. The zero-order chi connectivity index (χ0) is 36.3. The van der Waals surface area contributed by atoms with E-state index in [9.17, 15) is 49.5 Å². The Morgan fingerprint density at radius 1 is 0.796 bits per heavy atom. The van der Waals surface area contributed by atoms with Gasteiger partial charge in [0.05, 0.1) is 39.2 Å². The molecule has 0 saturated heterocycles. The molecule has 0 spiro atoms. The number of halogens is 7. The molecule has 0 saturated carbocycles. The Morgan fingerprint density at radius 2 is 1.45 bits per heavy atom. The van der Waals surface area contributed by atoms with Crippen molar-refractivity contribution in [2.45, 2.75) is 36.6 Å². The van der Waals surface area contributed by atoms with Gasteiger partial charge >= 0.3 is 18.3 Å². The number of alkyl halides is 6. The second kappa shape index (κ2) is 14.5. The van der Waals surface area contributed by atoms with Crippen LogP contribution in [0.15, 0.2) is 95.9 Å². The van der Waals surface area contributed by atoms with Crippen LogP contribution in [0, 0.1) is 5.92 Å². The van der Waals surface area contributed by atoms with Gasteiger partial charge in [-0.3, -0.25) is 13.9 Å². The van der Waals surface area contributed by atoms with Gasteiger partial charge < -0.3 is 10.0 Å². The number of anilines is 2. The molecule has 0 radical (unpaired) electrons. The number of carboxylic acid groups (broad SMARTS) is 1. The number of nitrogens with zero attached hydrogens (tertiary/aromatic N) is 2. The minimum absolute atomic E-state index is 0.0185. The van der Waals surface area contributed by atoms with Gasteiger partial charge in [0, 0.05) is 31.8 Å². The van der Waals surface area contributed by atoms with Gasteiger partial charge in [-0.05, 0) is 60.0 Å². The van der Waals surface area contributed by atoms with Crippen molar-refractivity contribution in [3.63, 3.8) is 0 Å². The second-order valence-electron chi connectivity index (χ2n) is 11.3. The van der Waals surface area contributed by atoms with Crippen LogP contribution in [0.3, 0.4) is 0 Å². The molecule has 4 aromatic rings. The van der Waals surface area contributed by atoms with Crippen molar-refractivity contribution < 1.29 is 49.5 Å². The normalized spacial score (nSPS) is 12.8. The fourth-order valence-electron chi connectivity index (χ4n) is 5.11. The van der Waals surface area contributed by atoms with Gasteiger partial charge in [-0.1, -0.05) is 60.1 Å². The van der Waals surface area contributed by atoms with Gasteiger partial charge in [-0.15, -0.1) is 0 Å². The largest absolute Gasteiger partial charge is 0.481 e. The van der Waals surface area contributed by atoms with Crippen LogP contribution in [0.2, 0.25) is 5.02 Å². The summed E-state index contributed by atoms with van der Waals surface area (Å²) >= 11 is 5.75. The van der Waals surface area contributed by atoms with Crippen LogP contribution in [0.5, 0.6) is 0 Å². The number of sulfonamides is 1. The van der Waals surface area contributed by atoms with E-state index >= 15 is 0 Å². The summed E-state index contributed by atoms with van der Waals surface area (Å²) in [5, 5.41) is 9.13. The molecule has 260 valence electrons. The van der Waals surface area contributed by atoms with E-state index < -0.39 is 74.1 Å². The van der Waals surface area contributed by atoms with Crippen molar-refractivity contribution >= 4 is 44.8 Å². The molecule has 7 nitrogen and oxygen atoms in total. The second-order valence-corrected chi connectivity index (χ2v) is 13.6. The highest BCUT2D eigenvalue weighted by Crippen LogP contribution is 2.40. The van der Waals surface area contributed by atoms with Crippen LogP contribution in [0.4, 0.5) is 37.7 Å². The number of benzene rings is 4. The lowest BCUT2D eigenvalue weighted by molar-refractivity contribution is -0.141. The van der Waals surface area contributed by atoms with E-state index in [0.29, 0.717) is 22.0 Å². The fraction of sp³-hybridized carbons (Fsp3) is 0.235. The maximum absolute atomic E-state index is 14.1. The first-order valence-electron chi connectivity index (χ1n) is 14.5. The van der Waals surface area contributed by atoms with Crippen molar-refractivity contribution in [2.75, 3.05) is 23.3 Å². The first-order valence-corrected chi connectivity index (χ1v) is 16.3. The monoisotopic (exact) mass is 726 g/mol. The Labute approximate surface area is 283 Å². The molecule has 1 unspecified atom stereocenters. The lowest BCUT2D eigenvalue weighted by Crippen LogP contribution is -2.31. The Morgan fingerprint density at radius 3 is 2.04 bits per heavy atom. The molecule has 4 aromatic carbocycles. The highest BCUT2D eigenvalue weighted by atomic mass is 35.5. The van der Waals surface area contributed by atoms with Crippen LogP contribution in [0.25, 0.3) is 0 Å². The summed E-state index contributed by atoms with van der Waals surface area (Å²) in [7, 11) is -2.29. The molecule has 0 amide bonds. The Bertz CT molecular complexity index is 1950. The minimum atomic E-state index is -4.97. The molecule has 4 rings (SSSR count). The molecule has 49 heavy (non-hydrogen) atoms. The quantitative estimate of drug-likeness (QED) is 0.117. The van der Waals surface area contributed by atoms with Gasteiger partial charge in [0.1, 0.15) is 0 Å². The molecule has 0 aromatic heterocycles. The number of carboxylic acids is 1. The van der Waals surface area contributed by atoms with Crippen LogP contribution in [-0.4, -0.2) is 39.4 Å². The number of ketones is 1. The molecular formula is C34H29ClF6N2O5S. The number of Topliss-reactive ketones (excluding diaryl/α,β-unsaturated/α-hetero) is 1.